The second-order valence-corrected chi connectivity index (χ2v) is 6.21. The van der Waals surface area contributed by atoms with Crippen LogP contribution in [-0.4, -0.2) is 32.7 Å². The molecule has 3 aromatic heterocycles. The molecule has 0 unspecified atom stereocenters. The quantitative estimate of drug-likeness (QED) is 0.703. The largest absolute Gasteiger partial charge is 0.317 e. The zero-order valence-corrected chi connectivity index (χ0v) is 12.9. The summed E-state index contributed by atoms with van der Waals surface area (Å²) in [5.74, 6) is 0.358. The highest BCUT2D eigenvalue weighted by atomic mass is 79.9. The molecule has 0 spiro atoms. The zero-order valence-electron chi connectivity index (χ0n) is 11.3. The first-order valence-electron chi connectivity index (χ1n) is 7.00. The normalized spacial score (nSPS) is 16.8. The van der Waals surface area contributed by atoms with Crippen LogP contribution in [0.3, 0.4) is 0 Å². The van der Waals surface area contributed by atoms with Crippen LogP contribution < -0.4 is 10.9 Å². The topological polar surface area (TPSA) is 75.1 Å². The predicted octanol–water partition coefficient (Wildman–Crippen LogP) is 1.80. The zero-order chi connectivity index (χ0) is 14.4. The molecular weight excluding hydrogens is 334 g/mol. The third-order valence-corrected chi connectivity index (χ3v) is 4.64. The number of halogens is 1. The Morgan fingerprint density at radius 2 is 2.10 bits per heavy atom. The number of H-pyrrole nitrogens is 1. The SMILES string of the molecule is O=c1cc(C2CCNCC2)n2nc3c(Br)cncc3c2[nH]1. The van der Waals surface area contributed by atoms with Crippen molar-refractivity contribution in [2.24, 2.45) is 0 Å². The van der Waals surface area contributed by atoms with Gasteiger partial charge in [-0.15, -0.1) is 0 Å². The molecule has 0 bridgehead atoms. The van der Waals surface area contributed by atoms with E-state index in [4.69, 9.17) is 0 Å². The van der Waals surface area contributed by atoms with Crippen molar-refractivity contribution in [2.75, 3.05) is 13.1 Å². The van der Waals surface area contributed by atoms with Gasteiger partial charge < -0.3 is 10.3 Å². The molecule has 108 valence electrons. The van der Waals surface area contributed by atoms with Crippen molar-refractivity contribution in [3.63, 3.8) is 0 Å². The number of rotatable bonds is 1. The lowest BCUT2D eigenvalue weighted by molar-refractivity contribution is 0.446. The molecule has 1 aliphatic heterocycles. The van der Waals surface area contributed by atoms with Gasteiger partial charge in [0.1, 0.15) is 11.2 Å². The summed E-state index contributed by atoms with van der Waals surface area (Å²) >= 11 is 3.47. The lowest BCUT2D eigenvalue weighted by Crippen LogP contribution is -2.28. The van der Waals surface area contributed by atoms with E-state index in [1.165, 1.54) is 0 Å². The standard InChI is InChI=1S/C14H14BrN5O/c15-10-7-17-6-9-13(10)19-20-11(5-12(21)18-14(9)20)8-1-3-16-4-2-8/h5-8,16H,1-4H2,(H,18,21). The molecule has 0 radical (unpaired) electrons. The Hall–Kier alpha value is -1.73. The van der Waals surface area contributed by atoms with Crippen molar-refractivity contribution in [1.82, 2.24) is 24.9 Å². The predicted molar refractivity (Wildman–Crippen MR) is 83.7 cm³/mol. The molecule has 6 nitrogen and oxygen atoms in total. The van der Waals surface area contributed by atoms with Gasteiger partial charge >= 0.3 is 0 Å². The lowest BCUT2D eigenvalue weighted by atomic mass is 9.94. The second-order valence-electron chi connectivity index (χ2n) is 5.36. The fraction of sp³-hybridized carbons (Fsp3) is 0.357. The van der Waals surface area contributed by atoms with Gasteiger partial charge in [-0.05, 0) is 41.9 Å². The Kier molecular flexibility index (Phi) is 3.04. The molecule has 0 saturated carbocycles. The molecule has 7 heteroatoms. The summed E-state index contributed by atoms with van der Waals surface area (Å²) in [6.07, 6.45) is 5.50. The molecule has 0 aromatic carbocycles. The molecule has 3 aromatic rings. The Morgan fingerprint density at radius 3 is 2.90 bits per heavy atom. The third-order valence-electron chi connectivity index (χ3n) is 4.06. The van der Waals surface area contributed by atoms with Gasteiger partial charge in [0, 0.05) is 24.4 Å². The number of pyridine rings is 1. The van der Waals surface area contributed by atoms with Gasteiger partial charge in [0.25, 0.3) is 5.56 Å². The summed E-state index contributed by atoms with van der Waals surface area (Å²) in [7, 11) is 0. The fourth-order valence-corrected chi connectivity index (χ4v) is 3.44. The highest BCUT2D eigenvalue weighted by Crippen LogP contribution is 2.28. The molecule has 4 rings (SSSR count). The first kappa shape index (κ1) is 13.0. The lowest BCUT2D eigenvalue weighted by Gasteiger charge is -2.23. The van der Waals surface area contributed by atoms with Crippen LogP contribution in [0, 0.1) is 0 Å². The molecule has 2 N–H and O–H groups in total. The van der Waals surface area contributed by atoms with Gasteiger partial charge in [0.2, 0.25) is 0 Å². The molecule has 1 fully saturated rings. The van der Waals surface area contributed by atoms with Crippen molar-refractivity contribution < 1.29 is 0 Å². The molecule has 21 heavy (non-hydrogen) atoms. The Balaban J connectivity index is 2.04. The Labute approximate surface area is 128 Å². The van der Waals surface area contributed by atoms with Crippen molar-refractivity contribution >= 4 is 32.5 Å². The maximum atomic E-state index is 12.0. The summed E-state index contributed by atoms with van der Waals surface area (Å²) in [6.45, 7) is 1.95. The summed E-state index contributed by atoms with van der Waals surface area (Å²) in [6, 6.07) is 1.68. The summed E-state index contributed by atoms with van der Waals surface area (Å²) < 4.78 is 2.70. The molecule has 1 aliphatic rings. The first-order chi connectivity index (χ1) is 10.2. The van der Waals surface area contributed by atoms with Gasteiger partial charge in [-0.2, -0.15) is 5.10 Å². The van der Waals surface area contributed by atoms with Gasteiger partial charge in [0.05, 0.1) is 15.6 Å². The van der Waals surface area contributed by atoms with Gasteiger partial charge in [-0.1, -0.05) is 0 Å². The smallest absolute Gasteiger partial charge is 0.251 e. The van der Waals surface area contributed by atoms with E-state index in [2.05, 4.69) is 36.3 Å². The van der Waals surface area contributed by atoms with Crippen molar-refractivity contribution in [3.05, 3.63) is 39.0 Å². The van der Waals surface area contributed by atoms with Gasteiger partial charge in [0.15, 0.2) is 0 Å². The number of aromatic nitrogens is 4. The van der Waals surface area contributed by atoms with Gasteiger partial charge in [-0.3, -0.25) is 9.78 Å². The van der Waals surface area contributed by atoms with E-state index < -0.39 is 0 Å². The van der Waals surface area contributed by atoms with E-state index in [9.17, 15) is 4.79 Å². The highest BCUT2D eigenvalue weighted by Gasteiger charge is 2.21. The van der Waals surface area contributed by atoms with Crippen LogP contribution in [0.25, 0.3) is 16.6 Å². The minimum absolute atomic E-state index is 0.0854. The van der Waals surface area contributed by atoms with E-state index in [1.807, 2.05) is 4.52 Å². The second kappa shape index (κ2) is 4.92. The average molecular weight is 348 g/mol. The molecule has 0 atom stereocenters. The van der Waals surface area contributed by atoms with Crippen molar-refractivity contribution in [1.29, 1.82) is 0 Å². The van der Waals surface area contributed by atoms with E-state index in [1.54, 1.807) is 18.5 Å². The minimum atomic E-state index is -0.0854. The van der Waals surface area contributed by atoms with Crippen LogP contribution in [0.2, 0.25) is 0 Å². The van der Waals surface area contributed by atoms with Crippen molar-refractivity contribution in [2.45, 2.75) is 18.8 Å². The Bertz CT molecular complexity index is 878. The van der Waals surface area contributed by atoms with E-state index in [-0.39, 0.29) is 5.56 Å². The number of nitrogens with one attached hydrogen (secondary N) is 2. The molecule has 0 aliphatic carbocycles. The average Bonchev–Trinajstić information content (AvgIpc) is 2.88. The molecule has 1 saturated heterocycles. The van der Waals surface area contributed by atoms with Crippen LogP contribution in [0.4, 0.5) is 0 Å². The monoisotopic (exact) mass is 347 g/mol. The number of fused-ring (bicyclic) bond motifs is 3. The molecule has 4 heterocycles. The summed E-state index contributed by atoms with van der Waals surface area (Å²) in [4.78, 5) is 19.1. The van der Waals surface area contributed by atoms with Crippen LogP contribution in [0.1, 0.15) is 24.5 Å². The van der Waals surface area contributed by atoms with E-state index in [0.717, 1.165) is 52.6 Å². The fourth-order valence-electron chi connectivity index (χ4n) is 3.03. The van der Waals surface area contributed by atoms with Crippen LogP contribution >= 0.6 is 15.9 Å². The molecule has 0 amide bonds. The van der Waals surface area contributed by atoms with E-state index >= 15 is 0 Å². The van der Waals surface area contributed by atoms with Crippen LogP contribution in [0.15, 0.2) is 27.7 Å². The first-order valence-corrected chi connectivity index (χ1v) is 7.79. The summed E-state index contributed by atoms with van der Waals surface area (Å²) in [5, 5.41) is 8.88. The number of nitrogens with zero attached hydrogens (tertiary/aromatic N) is 3. The minimum Gasteiger partial charge on any atom is -0.317 e. The number of piperidine rings is 1. The van der Waals surface area contributed by atoms with Crippen LogP contribution in [-0.2, 0) is 0 Å². The van der Waals surface area contributed by atoms with Crippen molar-refractivity contribution in [3.8, 4) is 0 Å². The number of hydrogen-bond donors (Lipinski definition) is 2. The third kappa shape index (κ3) is 2.08. The Morgan fingerprint density at radius 1 is 1.29 bits per heavy atom. The number of hydrogen-bond acceptors (Lipinski definition) is 4. The van der Waals surface area contributed by atoms with Gasteiger partial charge in [-0.25, -0.2) is 4.52 Å². The van der Waals surface area contributed by atoms with E-state index in [0.29, 0.717) is 5.92 Å². The summed E-state index contributed by atoms with van der Waals surface area (Å²) in [5.41, 5.74) is 2.44. The van der Waals surface area contributed by atoms with Crippen LogP contribution in [0.5, 0.6) is 0 Å². The molecular formula is C14H14BrN5O. The highest BCUT2D eigenvalue weighted by molar-refractivity contribution is 9.10. The maximum Gasteiger partial charge on any atom is 0.251 e. The number of aromatic amines is 1. The maximum absolute atomic E-state index is 12.0.